The van der Waals surface area contributed by atoms with Gasteiger partial charge < -0.3 is 10.2 Å². The highest BCUT2D eigenvalue weighted by atomic mass is 15.1. The smallest absolute Gasteiger partial charge is 0.132 e. The Morgan fingerprint density at radius 3 is 3.29 bits per heavy atom. The van der Waals surface area contributed by atoms with Gasteiger partial charge in [0.25, 0.3) is 0 Å². The summed E-state index contributed by atoms with van der Waals surface area (Å²) in [6, 6.07) is 0. The summed E-state index contributed by atoms with van der Waals surface area (Å²) >= 11 is 0. The minimum atomic E-state index is 0.529. The second-order valence-corrected chi connectivity index (χ2v) is 5.23. The number of hydrogen-bond acceptors (Lipinski definition) is 4. The number of hydrogen-bond donors (Lipinski definition) is 1. The van der Waals surface area contributed by atoms with Crippen LogP contribution in [0, 0.1) is 0 Å². The van der Waals surface area contributed by atoms with Crippen LogP contribution in [0.25, 0.3) is 0 Å². The summed E-state index contributed by atoms with van der Waals surface area (Å²) in [4.78, 5) is 11.7. The Hall–Kier alpha value is -1.00. The summed E-state index contributed by atoms with van der Waals surface area (Å²) in [7, 11) is 2.19. The Morgan fingerprint density at radius 1 is 1.47 bits per heavy atom. The molecule has 0 spiro atoms. The van der Waals surface area contributed by atoms with Crippen LogP contribution in [0.15, 0.2) is 6.20 Å². The van der Waals surface area contributed by atoms with Crippen molar-refractivity contribution in [2.45, 2.75) is 31.7 Å². The zero-order valence-electron chi connectivity index (χ0n) is 10.4. The third kappa shape index (κ3) is 2.33. The number of fused-ring (bicyclic) bond motifs is 1. The molecule has 2 aliphatic rings. The number of nitrogens with zero attached hydrogens (tertiary/aromatic N) is 3. The Morgan fingerprint density at radius 2 is 2.41 bits per heavy atom. The molecule has 2 aliphatic heterocycles. The average molecular weight is 232 g/mol. The second kappa shape index (κ2) is 4.70. The highest BCUT2D eigenvalue weighted by Crippen LogP contribution is 2.24. The van der Waals surface area contributed by atoms with Gasteiger partial charge in [0.1, 0.15) is 5.82 Å². The molecule has 1 N–H and O–H groups in total. The van der Waals surface area contributed by atoms with Crippen LogP contribution < -0.4 is 5.32 Å². The molecule has 1 aromatic rings. The molecule has 3 heterocycles. The van der Waals surface area contributed by atoms with Crippen LogP contribution in [-0.4, -0.2) is 41.5 Å². The van der Waals surface area contributed by atoms with Crippen LogP contribution in [0.4, 0.5) is 0 Å². The number of rotatable bonds is 1. The molecule has 1 aromatic heterocycles. The molecule has 0 bridgehead atoms. The van der Waals surface area contributed by atoms with E-state index in [9.17, 15) is 0 Å². The van der Waals surface area contributed by atoms with E-state index in [2.05, 4.69) is 22.2 Å². The summed E-state index contributed by atoms with van der Waals surface area (Å²) in [6.07, 6.45) is 5.61. The van der Waals surface area contributed by atoms with E-state index >= 15 is 0 Å². The van der Waals surface area contributed by atoms with Crippen molar-refractivity contribution in [1.82, 2.24) is 20.2 Å². The first-order valence-electron chi connectivity index (χ1n) is 6.57. The normalized spacial score (nSPS) is 25.6. The van der Waals surface area contributed by atoms with E-state index in [4.69, 9.17) is 4.98 Å². The third-order valence-electron chi connectivity index (χ3n) is 3.83. The van der Waals surface area contributed by atoms with Gasteiger partial charge in [-0.1, -0.05) is 0 Å². The fourth-order valence-corrected chi connectivity index (χ4v) is 2.82. The van der Waals surface area contributed by atoms with Crippen molar-refractivity contribution in [2.75, 3.05) is 26.7 Å². The minimum Gasteiger partial charge on any atom is -0.311 e. The molecule has 3 rings (SSSR count). The molecule has 1 unspecified atom stereocenters. The molecule has 0 amide bonds. The first-order chi connectivity index (χ1) is 8.33. The van der Waals surface area contributed by atoms with Crippen molar-refractivity contribution in [1.29, 1.82) is 0 Å². The van der Waals surface area contributed by atoms with Crippen molar-refractivity contribution in [3.63, 3.8) is 0 Å². The Balaban J connectivity index is 1.83. The largest absolute Gasteiger partial charge is 0.311 e. The number of likely N-dealkylation sites (tertiary alicyclic amines) is 1. The molecular formula is C13H20N4. The summed E-state index contributed by atoms with van der Waals surface area (Å²) in [6.45, 7) is 4.28. The van der Waals surface area contributed by atoms with E-state index in [0.29, 0.717) is 5.92 Å². The fourth-order valence-electron chi connectivity index (χ4n) is 2.82. The molecule has 17 heavy (non-hydrogen) atoms. The highest BCUT2D eigenvalue weighted by molar-refractivity contribution is 5.21. The lowest BCUT2D eigenvalue weighted by Crippen LogP contribution is -2.32. The molecule has 92 valence electrons. The number of piperidine rings is 1. The van der Waals surface area contributed by atoms with Crippen molar-refractivity contribution in [3.05, 3.63) is 23.3 Å². The first-order valence-corrected chi connectivity index (χ1v) is 6.57. The maximum Gasteiger partial charge on any atom is 0.132 e. The number of nitrogens with one attached hydrogen (secondary N) is 1. The van der Waals surface area contributed by atoms with Gasteiger partial charge in [-0.15, -0.1) is 0 Å². The molecule has 0 radical (unpaired) electrons. The van der Waals surface area contributed by atoms with Gasteiger partial charge in [0, 0.05) is 25.2 Å². The van der Waals surface area contributed by atoms with Gasteiger partial charge >= 0.3 is 0 Å². The molecule has 0 saturated carbocycles. The van der Waals surface area contributed by atoms with Gasteiger partial charge in [-0.2, -0.15) is 0 Å². The summed E-state index contributed by atoms with van der Waals surface area (Å²) in [5.41, 5.74) is 2.55. The Bertz CT molecular complexity index is 404. The Kier molecular flexibility index (Phi) is 3.07. The van der Waals surface area contributed by atoms with E-state index in [1.54, 1.807) is 0 Å². The summed E-state index contributed by atoms with van der Waals surface area (Å²) in [5, 5.41) is 3.38. The maximum absolute atomic E-state index is 4.77. The van der Waals surface area contributed by atoms with Crippen LogP contribution >= 0.6 is 0 Å². The third-order valence-corrected chi connectivity index (χ3v) is 3.83. The van der Waals surface area contributed by atoms with E-state index in [-0.39, 0.29) is 0 Å². The Labute approximate surface area is 102 Å². The molecule has 0 aromatic carbocycles. The molecule has 4 heteroatoms. The minimum absolute atomic E-state index is 0.529. The van der Waals surface area contributed by atoms with Crippen LogP contribution in [0.3, 0.4) is 0 Å². The zero-order chi connectivity index (χ0) is 11.7. The number of aromatic nitrogens is 2. The van der Waals surface area contributed by atoms with Gasteiger partial charge in [0.15, 0.2) is 0 Å². The molecule has 4 nitrogen and oxygen atoms in total. The monoisotopic (exact) mass is 232 g/mol. The van der Waals surface area contributed by atoms with E-state index in [1.165, 1.54) is 30.6 Å². The SMILES string of the molecule is CN1CCCC(c2ncc3c(n2)CNCC3)C1. The van der Waals surface area contributed by atoms with Gasteiger partial charge in [0.05, 0.1) is 5.69 Å². The van der Waals surface area contributed by atoms with E-state index in [1.807, 2.05) is 6.20 Å². The highest BCUT2D eigenvalue weighted by Gasteiger charge is 2.22. The second-order valence-electron chi connectivity index (χ2n) is 5.23. The van der Waals surface area contributed by atoms with Crippen LogP contribution in [-0.2, 0) is 13.0 Å². The summed E-state index contributed by atoms with van der Waals surface area (Å²) in [5.74, 6) is 1.58. The average Bonchev–Trinajstić information content (AvgIpc) is 2.38. The van der Waals surface area contributed by atoms with Crippen LogP contribution in [0.5, 0.6) is 0 Å². The van der Waals surface area contributed by atoms with Crippen molar-refractivity contribution >= 4 is 0 Å². The predicted octanol–water partition coefficient (Wildman–Crippen LogP) is 0.931. The lowest BCUT2D eigenvalue weighted by atomic mass is 9.97. The van der Waals surface area contributed by atoms with Crippen LogP contribution in [0.1, 0.15) is 35.8 Å². The van der Waals surface area contributed by atoms with Gasteiger partial charge in [-0.05, 0) is 45.0 Å². The molecular weight excluding hydrogens is 212 g/mol. The first kappa shape index (κ1) is 11.1. The standard InChI is InChI=1S/C13H20N4/c1-17-6-2-3-11(9-17)13-15-7-10-4-5-14-8-12(10)16-13/h7,11,14H,2-6,8-9H2,1H3. The van der Waals surface area contributed by atoms with Gasteiger partial charge in [-0.25, -0.2) is 9.97 Å². The number of likely N-dealkylation sites (N-methyl/N-ethyl adjacent to an activating group) is 1. The lowest BCUT2D eigenvalue weighted by Gasteiger charge is -2.29. The zero-order valence-corrected chi connectivity index (χ0v) is 10.4. The van der Waals surface area contributed by atoms with Gasteiger partial charge in [0.2, 0.25) is 0 Å². The molecule has 0 aliphatic carbocycles. The lowest BCUT2D eigenvalue weighted by molar-refractivity contribution is 0.245. The van der Waals surface area contributed by atoms with Crippen molar-refractivity contribution in [3.8, 4) is 0 Å². The van der Waals surface area contributed by atoms with E-state index < -0.39 is 0 Å². The van der Waals surface area contributed by atoms with Gasteiger partial charge in [-0.3, -0.25) is 0 Å². The molecule has 1 fully saturated rings. The molecule has 1 atom stereocenters. The van der Waals surface area contributed by atoms with E-state index in [0.717, 1.165) is 31.9 Å². The summed E-state index contributed by atoms with van der Waals surface area (Å²) < 4.78 is 0. The van der Waals surface area contributed by atoms with Crippen molar-refractivity contribution < 1.29 is 0 Å². The topological polar surface area (TPSA) is 41.1 Å². The fraction of sp³-hybridized carbons (Fsp3) is 0.692. The maximum atomic E-state index is 4.77. The van der Waals surface area contributed by atoms with Crippen molar-refractivity contribution in [2.24, 2.45) is 0 Å². The quantitative estimate of drug-likeness (QED) is 0.782. The molecule has 1 saturated heterocycles. The predicted molar refractivity (Wildman–Crippen MR) is 66.9 cm³/mol. The van der Waals surface area contributed by atoms with Crippen LogP contribution in [0.2, 0.25) is 0 Å².